The van der Waals surface area contributed by atoms with Gasteiger partial charge in [0.2, 0.25) is 0 Å². The molecule has 0 aromatic heterocycles. The average Bonchev–Trinajstić information content (AvgIpc) is 2.69. The van der Waals surface area contributed by atoms with Crippen molar-refractivity contribution < 1.29 is 14.6 Å². The third-order valence-corrected chi connectivity index (χ3v) is 3.44. The van der Waals surface area contributed by atoms with E-state index in [0.717, 1.165) is 29.7 Å². The minimum atomic E-state index is -0.885. The Labute approximate surface area is 107 Å². The lowest BCUT2D eigenvalue weighted by atomic mass is 9.95. The molecule has 0 spiro atoms. The Morgan fingerprint density at radius 2 is 2.28 bits per heavy atom. The zero-order valence-corrected chi connectivity index (χ0v) is 10.8. The van der Waals surface area contributed by atoms with Gasteiger partial charge in [0, 0.05) is 6.04 Å². The number of hydrogen-bond donors (Lipinski definition) is 2. The van der Waals surface area contributed by atoms with E-state index in [-0.39, 0.29) is 12.6 Å². The standard InChI is InChI=1S/C14H19NO3/c1-14(2,13(16)17)8-18-12-5-3-4-9-10(12)6-7-11(9)15/h3-5,11H,6-8,15H2,1-2H3,(H,16,17). The molecular weight excluding hydrogens is 230 g/mol. The highest BCUT2D eigenvalue weighted by Crippen LogP contribution is 2.36. The molecule has 0 fully saturated rings. The molecule has 1 aromatic rings. The SMILES string of the molecule is CC(C)(COc1cccc2c1CCC2N)C(=O)O. The smallest absolute Gasteiger partial charge is 0.312 e. The number of benzene rings is 1. The van der Waals surface area contributed by atoms with E-state index < -0.39 is 11.4 Å². The van der Waals surface area contributed by atoms with Crippen LogP contribution in [0, 0.1) is 5.41 Å². The fourth-order valence-corrected chi connectivity index (χ4v) is 2.11. The first-order valence-corrected chi connectivity index (χ1v) is 6.15. The summed E-state index contributed by atoms with van der Waals surface area (Å²) < 4.78 is 5.69. The number of aliphatic carboxylic acids is 1. The van der Waals surface area contributed by atoms with E-state index in [9.17, 15) is 4.79 Å². The molecule has 0 amide bonds. The van der Waals surface area contributed by atoms with Gasteiger partial charge >= 0.3 is 5.97 Å². The van der Waals surface area contributed by atoms with Crippen LogP contribution >= 0.6 is 0 Å². The third kappa shape index (κ3) is 2.34. The summed E-state index contributed by atoms with van der Waals surface area (Å²) in [5, 5.41) is 9.05. The number of rotatable bonds is 4. The molecule has 0 saturated heterocycles. The van der Waals surface area contributed by atoms with Crippen molar-refractivity contribution in [2.45, 2.75) is 32.7 Å². The van der Waals surface area contributed by atoms with E-state index in [0.29, 0.717) is 0 Å². The monoisotopic (exact) mass is 249 g/mol. The number of carboxylic acid groups (broad SMARTS) is 1. The molecule has 0 heterocycles. The van der Waals surface area contributed by atoms with Crippen LogP contribution in [0.5, 0.6) is 5.75 Å². The highest BCUT2D eigenvalue weighted by Gasteiger charge is 2.29. The zero-order valence-electron chi connectivity index (χ0n) is 10.8. The van der Waals surface area contributed by atoms with Gasteiger partial charge in [-0.1, -0.05) is 12.1 Å². The molecule has 3 N–H and O–H groups in total. The molecule has 1 aliphatic rings. The highest BCUT2D eigenvalue weighted by molar-refractivity contribution is 5.73. The second-order valence-corrected chi connectivity index (χ2v) is 5.45. The number of fused-ring (bicyclic) bond motifs is 1. The molecule has 1 aromatic carbocycles. The van der Waals surface area contributed by atoms with Gasteiger partial charge in [0.1, 0.15) is 12.4 Å². The van der Waals surface area contributed by atoms with Gasteiger partial charge in [-0.25, -0.2) is 0 Å². The van der Waals surface area contributed by atoms with Gasteiger partial charge in [0.25, 0.3) is 0 Å². The Morgan fingerprint density at radius 1 is 1.56 bits per heavy atom. The Kier molecular flexibility index (Phi) is 3.30. The largest absolute Gasteiger partial charge is 0.492 e. The van der Waals surface area contributed by atoms with Crippen LogP contribution in [0.4, 0.5) is 0 Å². The van der Waals surface area contributed by atoms with Gasteiger partial charge < -0.3 is 15.6 Å². The molecule has 1 atom stereocenters. The Morgan fingerprint density at radius 3 is 2.94 bits per heavy atom. The molecule has 98 valence electrons. The Bertz CT molecular complexity index is 468. The van der Waals surface area contributed by atoms with E-state index in [2.05, 4.69) is 0 Å². The fourth-order valence-electron chi connectivity index (χ4n) is 2.11. The average molecular weight is 249 g/mol. The quantitative estimate of drug-likeness (QED) is 0.857. The predicted octanol–water partition coefficient (Wildman–Crippen LogP) is 2.12. The van der Waals surface area contributed by atoms with Crippen molar-refractivity contribution in [3.63, 3.8) is 0 Å². The maximum Gasteiger partial charge on any atom is 0.312 e. The molecule has 0 radical (unpaired) electrons. The van der Waals surface area contributed by atoms with Crippen molar-refractivity contribution in [1.29, 1.82) is 0 Å². The lowest BCUT2D eigenvalue weighted by Crippen LogP contribution is -2.30. The van der Waals surface area contributed by atoms with E-state index in [1.165, 1.54) is 0 Å². The van der Waals surface area contributed by atoms with Crippen LogP contribution in [0.25, 0.3) is 0 Å². The lowest BCUT2D eigenvalue weighted by molar-refractivity contribution is -0.148. The van der Waals surface area contributed by atoms with Gasteiger partial charge in [-0.2, -0.15) is 0 Å². The van der Waals surface area contributed by atoms with Crippen molar-refractivity contribution in [3.8, 4) is 5.75 Å². The van der Waals surface area contributed by atoms with E-state index in [4.69, 9.17) is 15.6 Å². The molecular formula is C14H19NO3. The minimum absolute atomic E-state index is 0.0797. The topological polar surface area (TPSA) is 72.5 Å². The molecule has 1 unspecified atom stereocenters. The van der Waals surface area contributed by atoms with E-state index in [1.54, 1.807) is 13.8 Å². The van der Waals surface area contributed by atoms with Gasteiger partial charge in [-0.3, -0.25) is 4.79 Å². The summed E-state index contributed by atoms with van der Waals surface area (Å²) in [5.41, 5.74) is 7.37. The molecule has 0 bridgehead atoms. The van der Waals surface area contributed by atoms with E-state index in [1.807, 2.05) is 18.2 Å². The lowest BCUT2D eigenvalue weighted by Gasteiger charge is -2.20. The van der Waals surface area contributed by atoms with E-state index >= 15 is 0 Å². The van der Waals surface area contributed by atoms with Gasteiger partial charge in [-0.15, -0.1) is 0 Å². The van der Waals surface area contributed by atoms with Crippen LogP contribution in [0.3, 0.4) is 0 Å². The Balaban J connectivity index is 2.15. The first-order chi connectivity index (χ1) is 8.42. The molecule has 18 heavy (non-hydrogen) atoms. The number of nitrogens with two attached hydrogens (primary N) is 1. The Hall–Kier alpha value is -1.55. The molecule has 0 aliphatic heterocycles. The maximum atomic E-state index is 11.0. The highest BCUT2D eigenvalue weighted by atomic mass is 16.5. The van der Waals surface area contributed by atoms with Gasteiger partial charge in [0.05, 0.1) is 5.41 Å². The summed E-state index contributed by atoms with van der Waals surface area (Å²) in [6.45, 7) is 3.47. The summed E-state index contributed by atoms with van der Waals surface area (Å²) in [6, 6.07) is 5.89. The first-order valence-electron chi connectivity index (χ1n) is 6.15. The molecule has 2 rings (SSSR count). The van der Waals surface area contributed by atoms with Crippen LogP contribution in [0.2, 0.25) is 0 Å². The van der Waals surface area contributed by atoms with Gasteiger partial charge in [-0.05, 0) is 43.9 Å². The fraction of sp³-hybridized carbons (Fsp3) is 0.500. The van der Waals surface area contributed by atoms with Crippen LogP contribution in [-0.4, -0.2) is 17.7 Å². The van der Waals surface area contributed by atoms with Crippen LogP contribution in [0.15, 0.2) is 18.2 Å². The van der Waals surface area contributed by atoms with Crippen molar-refractivity contribution in [1.82, 2.24) is 0 Å². The zero-order chi connectivity index (χ0) is 13.3. The first kappa shape index (κ1) is 12.9. The summed E-state index contributed by atoms with van der Waals surface area (Å²) >= 11 is 0. The number of ether oxygens (including phenoxy) is 1. The predicted molar refractivity (Wildman–Crippen MR) is 68.6 cm³/mol. The maximum absolute atomic E-state index is 11.0. The molecule has 4 nitrogen and oxygen atoms in total. The van der Waals surface area contributed by atoms with Crippen LogP contribution in [0.1, 0.15) is 37.4 Å². The number of carbonyl (C=O) groups is 1. The normalized spacial score (nSPS) is 18.5. The van der Waals surface area contributed by atoms with Crippen molar-refractivity contribution >= 4 is 5.97 Å². The van der Waals surface area contributed by atoms with Crippen LogP contribution < -0.4 is 10.5 Å². The second-order valence-electron chi connectivity index (χ2n) is 5.45. The molecule has 4 heteroatoms. The molecule has 1 aliphatic carbocycles. The second kappa shape index (κ2) is 4.61. The summed E-state index contributed by atoms with van der Waals surface area (Å²) in [6.07, 6.45) is 1.83. The van der Waals surface area contributed by atoms with Crippen molar-refractivity contribution in [2.24, 2.45) is 11.1 Å². The van der Waals surface area contributed by atoms with Gasteiger partial charge in [0.15, 0.2) is 0 Å². The van der Waals surface area contributed by atoms with Crippen LogP contribution in [-0.2, 0) is 11.2 Å². The minimum Gasteiger partial charge on any atom is -0.492 e. The molecule has 0 saturated carbocycles. The number of carboxylic acids is 1. The van der Waals surface area contributed by atoms with Crippen molar-refractivity contribution in [2.75, 3.05) is 6.61 Å². The summed E-state index contributed by atoms with van der Waals surface area (Å²) in [4.78, 5) is 11.0. The summed E-state index contributed by atoms with van der Waals surface area (Å²) in [5.74, 6) is -0.0819. The third-order valence-electron chi connectivity index (χ3n) is 3.44. The summed E-state index contributed by atoms with van der Waals surface area (Å²) in [7, 11) is 0. The van der Waals surface area contributed by atoms with Crippen molar-refractivity contribution in [3.05, 3.63) is 29.3 Å². The number of hydrogen-bond acceptors (Lipinski definition) is 3.